The Labute approximate surface area is 140 Å². The molecule has 0 fully saturated rings. The van der Waals surface area contributed by atoms with E-state index in [1.807, 2.05) is 4.90 Å². The lowest BCUT2D eigenvalue weighted by atomic mass is 9.95. The molecule has 2 rings (SSSR count). The second-order valence-electron chi connectivity index (χ2n) is 6.80. The van der Waals surface area contributed by atoms with Crippen molar-refractivity contribution < 1.29 is 9.18 Å². The molecule has 23 heavy (non-hydrogen) atoms. The molecule has 0 bridgehead atoms. The van der Waals surface area contributed by atoms with E-state index in [2.05, 4.69) is 13.8 Å². The first-order valence-electron chi connectivity index (χ1n) is 9.24. The molecule has 0 aromatic heterocycles. The molecule has 0 saturated heterocycles. The number of hydrogen-bond acceptors (Lipinski definition) is 1. The van der Waals surface area contributed by atoms with Crippen LogP contribution < -0.4 is 4.90 Å². The fourth-order valence-corrected chi connectivity index (χ4v) is 3.45. The maximum atomic E-state index is 13.4. The number of amides is 1. The molecule has 1 heterocycles. The highest BCUT2D eigenvalue weighted by molar-refractivity contribution is 5.95. The number of carbonyl (C=O) groups excluding carboxylic acids is 1. The highest BCUT2D eigenvalue weighted by Crippen LogP contribution is 2.32. The predicted octanol–water partition coefficient (Wildman–Crippen LogP) is 5.63. The molecule has 1 amide bonds. The van der Waals surface area contributed by atoms with Gasteiger partial charge in [-0.25, -0.2) is 4.39 Å². The molecule has 1 unspecified atom stereocenters. The molecule has 0 aliphatic carbocycles. The number of anilines is 1. The molecule has 0 spiro atoms. The van der Waals surface area contributed by atoms with Crippen LogP contribution in [0.2, 0.25) is 0 Å². The van der Waals surface area contributed by atoms with Crippen molar-refractivity contribution in [2.75, 3.05) is 4.90 Å². The van der Waals surface area contributed by atoms with E-state index in [0.717, 1.165) is 36.9 Å². The van der Waals surface area contributed by atoms with Crippen LogP contribution in [0, 0.1) is 5.82 Å². The third-order valence-electron chi connectivity index (χ3n) is 4.84. The van der Waals surface area contributed by atoms with Gasteiger partial charge in [0.25, 0.3) is 0 Å². The number of fused-ring (bicyclic) bond motifs is 1. The van der Waals surface area contributed by atoms with Gasteiger partial charge < -0.3 is 4.90 Å². The van der Waals surface area contributed by atoms with Gasteiger partial charge in [-0.3, -0.25) is 4.79 Å². The average Bonchev–Trinajstić information content (AvgIpc) is 2.54. The van der Waals surface area contributed by atoms with Crippen LogP contribution in [0.1, 0.15) is 77.2 Å². The second kappa shape index (κ2) is 9.05. The molecule has 128 valence electrons. The lowest BCUT2D eigenvalue weighted by Gasteiger charge is -2.35. The number of halogens is 1. The van der Waals surface area contributed by atoms with Gasteiger partial charge in [0.2, 0.25) is 5.91 Å². The summed E-state index contributed by atoms with van der Waals surface area (Å²) in [6.45, 7) is 4.32. The molecule has 1 aromatic carbocycles. The lowest BCUT2D eigenvalue weighted by Crippen LogP contribution is -2.42. The number of aryl methyl sites for hydroxylation is 1. The van der Waals surface area contributed by atoms with Crippen molar-refractivity contribution in [3.05, 3.63) is 29.6 Å². The molecule has 1 aliphatic heterocycles. The van der Waals surface area contributed by atoms with Crippen LogP contribution in [-0.2, 0) is 11.2 Å². The number of unbranched alkanes of at least 4 members (excludes halogenated alkanes) is 6. The Hall–Kier alpha value is -1.38. The zero-order valence-corrected chi connectivity index (χ0v) is 14.6. The van der Waals surface area contributed by atoms with E-state index >= 15 is 0 Å². The lowest BCUT2D eigenvalue weighted by molar-refractivity contribution is -0.119. The molecule has 0 N–H and O–H groups in total. The van der Waals surface area contributed by atoms with Gasteiger partial charge in [0.05, 0.1) is 0 Å². The van der Waals surface area contributed by atoms with Gasteiger partial charge in [0, 0.05) is 18.2 Å². The summed E-state index contributed by atoms with van der Waals surface area (Å²) in [5.74, 6) is -0.0172. The molecule has 2 nitrogen and oxygen atoms in total. The zero-order valence-electron chi connectivity index (χ0n) is 14.6. The zero-order chi connectivity index (χ0) is 16.7. The largest absolute Gasteiger partial charge is 0.309 e. The third-order valence-corrected chi connectivity index (χ3v) is 4.84. The highest BCUT2D eigenvalue weighted by Gasteiger charge is 2.27. The molecular formula is C20H30FNO. The molecule has 0 radical (unpaired) electrons. The summed E-state index contributed by atoms with van der Waals surface area (Å²) in [6.07, 6.45) is 10.9. The highest BCUT2D eigenvalue weighted by atomic mass is 19.1. The third kappa shape index (κ3) is 5.05. The van der Waals surface area contributed by atoms with Crippen LogP contribution in [0.25, 0.3) is 0 Å². The molecule has 0 saturated carbocycles. The molecular weight excluding hydrogens is 289 g/mol. The van der Waals surface area contributed by atoms with Gasteiger partial charge in [0.1, 0.15) is 5.82 Å². The van der Waals surface area contributed by atoms with Crippen molar-refractivity contribution in [3.63, 3.8) is 0 Å². The first-order valence-corrected chi connectivity index (χ1v) is 9.24. The molecule has 1 aliphatic rings. The van der Waals surface area contributed by atoms with Crippen molar-refractivity contribution in [1.82, 2.24) is 0 Å². The maximum absolute atomic E-state index is 13.4. The van der Waals surface area contributed by atoms with Crippen molar-refractivity contribution in [2.45, 2.75) is 84.1 Å². The number of carbonyl (C=O) groups is 1. The normalized spacial score (nSPS) is 17.2. The van der Waals surface area contributed by atoms with Crippen LogP contribution in [0.15, 0.2) is 18.2 Å². The fraction of sp³-hybridized carbons (Fsp3) is 0.650. The summed E-state index contributed by atoms with van der Waals surface area (Å²) in [5, 5.41) is 0. The summed E-state index contributed by atoms with van der Waals surface area (Å²) in [7, 11) is 0. The van der Waals surface area contributed by atoms with E-state index in [9.17, 15) is 9.18 Å². The summed E-state index contributed by atoms with van der Waals surface area (Å²) < 4.78 is 13.4. The first-order chi connectivity index (χ1) is 11.1. The van der Waals surface area contributed by atoms with Gasteiger partial charge in [-0.1, -0.05) is 45.4 Å². The van der Waals surface area contributed by atoms with Gasteiger partial charge >= 0.3 is 0 Å². The Kier molecular flexibility index (Phi) is 7.07. The average molecular weight is 319 g/mol. The summed E-state index contributed by atoms with van der Waals surface area (Å²) in [4.78, 5) is 14.5. The number of rotatable bonds is 8. The van der Waals surface area contributed by atoms with E-state index in [1.165, 1.54) is 38.2 Å². The maximum Gasteiger partial charge on any atom is 0.227 e. The van der Waals surface area contributed by atoms with E-state index < -0.39 is 0 Å². The van der Waals surface area contributed by atoms with Crippen molar-refractivity contribution in [2.24, 2.45) is 0 Å². The van der Waals surface area contributed by atoms with Crippen molar-refractivity contribution in [3.8, 4) is 0 Å². The van der Waals surface area contributed by atoms with E-state index in [4.69, 9.17) is 0 Å². The molecule has 1 aromatic rings. The van der Waals surface area contributed by atoms with Crippen LogP contribution in [0.4, 0.5) is 10.1 Å². The van der Waals surface area contributed by atoms with Crippen LogP contribution in [0.5, 0.6) is 0 Å². The Morgan fingerprint density at radius 3 is 2.61 bits per heavy atom. The fourth-order valence-electron chi connectivity index (χ4n) is 3.45. The molecule has 3 heteroatoms. The second-order valence-corrected chi connectivity index (χ2v) is 6.80. The topological polar surface area (TPSA) is 20.3 Å². The van der Waals surface area contributed by atoms with Gasteiger partial charge in [-0.2, -0.15) is 0 Å². The van der Waals surface area contributed by atoms with E-state index in [1.54, 1.807) is 12.1 Å². The first kappa shape index (κ1) is 18.0. The number of hydrogen-bond donors (Lipinski definition) is 0. The monoisotopic (exact) mass is 319 g/mol. The van der Waals surface area contributed by atoms with E-state index in [-0.39, 0.29) is 17.8 Å². The minimum atomic E-state index is -0.210. The SMILES string of the molecule is CCCCCCCCCC(=O)N1c2ccc(F)cc2CCC1C. The Balaban J connectivity index is 1.84. The Morgan fingerprint density at radius 2 is 1.87 bits per heavy atom. The summed E-state index contributed by atoms with van der Waals surface area (Å²) in [6, 6.07) is 5.02. The van der Waals surface area contributed by atoms with Crippen molar-refractivity contribution in [1.29, 1.82) is 0 Å². The minimum Gasteiger partial charge on any atom is -0.309 e. The predicted molar refractivity (Wildman–Crippen MR) is 94.3 cm³/mol. The minimum absolute atomic E-state index is 0.193. The van der Waals surface area contributed by atoms with Crippen LogP contribution >= 0.6 is 0 Å². The number of benzene rings is 1. The van der Waals surface area contributed by atoms with Gasteiger partial charge in [-0.05, 0) is 49.9 Å². The van der Waals surface area contributed by atoms with Crippen molar-refractivity contribution >= 4 is 11.6 Å². The summed E-state index contributed by atoms with van der Waals surface area (Å²) >= 11 is 0. The standard InChI is InChI=1S/C20H30FNO/c1-3-4-5-6-7-8-9-10-20(23)22-16(2)11-12-17-15-18(21)13-14-19(17)22/h13-16H,3-12H2,1-2H3. The van der Waals surface area contributed by atoms with Crippen LogP contribution in [-0.4, -0.2) is 11.9 Å². The Bertz CT molecular complexity index is 514. The van der Waals surface area contributed by atoms with E-state index in [0.29, 0.717) is 6.42 Å². The van der Waals surface area contributed by atoms with Gasteiger partial charge in [-0.15, -0.1) is 0 Å². The van der Waals surface area contributed by atoms with Crippen LogP contribution in [0.3, 0.4) is 0 Å². The quantitative estimate of drug-likeness (QED) is 0.568. The number of nitrogens with zero attached hydrogens (tertiary/aromatic N) is 1. The van der Waals surface area contributed by atoms with Gasteiger partial charge in [0.15, 0.2) is 0 Å². The summed E-state index contributed by atoms with van der Waals surface area (Å²) in [5.41, 5.74) is 1.88. The molecule has 1 atom stereocenters. The Morgan fingerprint density at radius 1 is 1.17 bits per heavy atom. The smallest absolute Gasteiger partial charge is 0.227 e.